The number of hydrogen-bond donors (Lipinski definition) is 0. The smallest absolute Gasteiger partial charge is 0.0619 e. The molecule has 2 nitrogen and oxygen atoms in total. The molecule has 0 amide bonds. The second-order valence-electron chi connectivity index (χ2n) is 15.2. The van der Waals surface area contributed by atoms with Gasteiger partial charge in [0.15, 0.2) is 0 Å². The molecule has 0 aliphatic carbocycles. The summed E-state index contributed by atoms with van der Waals surface area (Å²) in [7, 11) is 0. The van der Waals surface area contributed by atoms with Gasteiger partial charge in [-0.15, -0.1) is 22.7 Å². The van der Waals surface area contributed by atoms with Gasteiger partial charge in [0.1, 0.15) is 0 Å². The van der Waals surface area contributed by atoms with Crippen LogP contribution in [0.1, 0.15) is 0 Å². The molecule has 0 fully saturated rings. The van der Waals surface area contributed by atoms with Crippen LogP contribution in [-0.4, -0.2) is 9.13 Å². The van der Waals surface area contributed by atoms with E-state index in [2.05, 4.69) is 203 Å². The Morgan fingerprint density at radius 2 is 0.845 bits per heavy atom. The van der Waals surface area contributed by atoms with Crippen molar-refractivity contribution >= 4 is 107 Å². The molecule has 0 atom stereocenters. The highest BCUT2D eigenvalue weighted by Gasteiger charge is 2.21. The monoisotopic (exact) mass is 772 g/mol. The second kappa shape index (κ2) is 12.3. The van der Waals surface area contributed by atoms with Gasteiger partial charge in [-0.2, -0.15) is 0 Å². The first-order chi connectivity index (χ1) is 28.8. The minimum Gasteiger partial charge on any atom is -0.309 e. The van der Waals surface area contributed by atoms with Gasteiger partial charge in [-0.1, -0.05) is 133 Å². The zero-order valence-corrected chi connectivity index (χ0v) is 32.8. The van der Waals surface area contributed by atoms with Gasteiger partial charge in [0.2, 0.25) is 0 Å². The summed E-state index contributed by atoms with van der Waals surface area (Å²) in [4.78, 5) is 0. The number of benzene rings is 9. The van der Waals surface area contributed by atoms with Crippen molar-refractivity contribution in [3.05, 3.63) is 194 Å². The summed E-state index contributed by atoms with van der Waals surface area (Å²) in [5.41, 5.74) is 12.2. The van der Waals surface area contributed by atoms with Crippen molar-refractivity contribution in [2.45, 2.75) is 0 Å². The molecule has 0 saturated carbocycles. The van der Waals surface area contributed by atoms with E-state index in [-0.39, 0.29) is 0 Å². The fourth-order valence-electron chi connectivity index (χ4n) is 9.62. The van der Waals surface area contributed by atoms with Crippen LogP contribution in [0, 0.1) is 0 Å². The average Bonchev–Trinajstić information content (AvgIpc) is 4.04. The Morgan fingerprint density at radius 3 is 1.60 bits per heavy atom. The predicted molar refractivity (Wildman–Crippen MR) is 252 cm³/mol. The number of nitrogens with zero attached hydrogens (tertiary/aromatic N) is 2. The first-order valence-corrected chi connectivity index (χ1v) is 21.4. The van der Waals surface area contributed by atoms with Crippen LogP contribution in [0.4, 0.5) is 0 Å². The van der Waals surface area contributed by atoms with E-state index in [1.54, 1.807) is 0 Å². The van der Waals surface area contributed by atoms with Crippen LogP contribution >= 0.6 is 22.7 Å². The lowest BCUT2D eigenvalue weighted by molar-refractivity contribution is 1.18. The Hall–Kier alpha value is -6.98. The molecule has 0 aliphatic rings. The molecular formula is C54H32N2S2. The molecule has 4 aromatic heterocycles. The summed E-state index contributed by atoms with van der Waals surface area (Å²) < 4.78 is 10.2. The average molecular weight is 773 g/mol. The molecule has 0 aliphatic heterocycles. The van der Waals surface area contributed by atoms with Gasteiger partial charge in [-0.25, -0.2) is 0 Å². The van der Waals surface area contributed by atoms with Gasteiger partial charge in [0.05, 0.1) is 22.1 Å². The van der Waals surface area contributed by atoms with Crippen LogP contribution in [0.25, 0.3) is 118 Å². The Labute approximate surface area is 341 Å². The number of hydrogen-bond acceptors (Lipinski definition) is 2. The van der Waals surface area contributed by atoms with Crippen LogP contribution in [0.15, 0.2) is 194 Å². The molecule has 0 N–H and O–H groups in total. The van der Waals surface area contributed by atoms with Crippen molar-refractivity contribution in [3.8, 4) is 33.6 Å². The maximum atomic E-state index is 2.50. The van der Waals surface area contributed by atoms with Gasteiger partial charge >= 0.3 is 0 Å². The number of thiophene rings is 2. The molecule has 0 saturated heterocycles. The van der Waals surface area contributed by atoms with Gasteiger partial charge in [0, 0.05) is 90.0 Å². The van der Waals surface area contributed by atoms with Crippen molar-refractivity contribution < 1.29 is 0 Å². The highest BCUT2D eigenvalue weighted by atomic mass is 32.1. The quantitative estimate of drug-likeness (QED) is 0.169. The SMILES string of the molecule is c1ccc(-n2c3ccccc3c3cccc(-c4ccc5c(c4)c4ccccc4n5-c4cc(-c5cccc6c5sc5ccccc56)c5sc6ccccc6c5c4)c32)cc1. The highest BCUT2D eigenvalue weighted by molar-refractivity contribution is 7.27. The van der Waals surface area contributed by atoms with Crippen LogP contribution in [0.3, 0.4) is 0 Å². The lowest BCUT2D eigenvalue weighted by Crippen LogP contribution is -1.96. The highest BCUT2D eigenvalue weighted by Crippen LogP contribution is 2.47. The first kappa shape index (κ1) is 32.1. The van der Waals surface area contributed by atoms with Gasteiger partial charge < -0.3 is 9.13 Å². The molecule has 58 heavy (non-hydrogen) atoms. The van der Waals surface area contributed by atoms with E-state index >= 15 is 0 Å². The fourth-order valence-corrected chi connectivity index (χ4v) is 12.1. The molecule has 270 valence electrons. The predicted octanol–water partition coefficient (Wildman–Crippen LogP) is 16.0. The zero-order chi connectivity index (χ0) is 37.9. The maximum Gasteiger partial charge on any atom is 0.0619 e. The number of para-hydroxylation sites is 4. The molecule has 0 unspecified atom stereocenters. The number of rotatable bonds is 4. The third-order valence-corrected chi connectivity index (χ3v) is 14.5. The number of fused-ring (bicyclic) bond motifs is 12. The Bertz CT molecular complexity index is 3800. The fraction of sp³-hybridized carbons (Fsp3) is 0. The maximum absolute atomic E-state index is 2.50. The molecule has 4 heterocycles. The summed E-state index contributed by atoms with van der Waals surface area (Å²) in [6, 6.07) is 71.8. The van der Waals surface area contributed by atoms with Crippen molar-refractivity contribution in [1.29, 1.82) is 0 Å². The minimum atomic E-state index is 1.16. The van der Waals surface area contributed by atoms with Crippen molar-refractivity contribution in [2.24, 2.45) is 0 Å². The van der Waals surface area contributed by atoms with E-state index in [9.17, 15) is 0 Å². The zero-order valence-electron chi connectivity index (χ0n) is 31.2. The van der Waals surface area contributed by atoms with E-state index < -0.39 is 0 Å². The normalized spacial score (nSPS) is 12.1. The molecule has 13 rings (SSSR count). The number of aromatic nitrogens is 2. The third-order valence-electron chi connectivity index (χ3n) is 12.1. The van der Waals surface area contributed by atoms with Crippen molar-refractivity contribution in [2.75, 3.05) is 0 Å². The Balaban J connectivity index is 1.09. The molecular weight excluding hydrogens is 741 g/mol. The Kier molecular flexibility index (Phi) is 6.79. The molecule has 0 spiro atoms. The van der Waals surface area contributed by atoms with Crippen LogP contribution in [0.2, 0.25) is 0 Å². The summed E-state index contributed by atoms with van der Waals surface area (Å²) >= 11 is 3.81. The van der Waals surface area contributed by atoms with E-state index in [0.717, 1.165) is 5.69 Å². The summed E-state index contributed by atoms with van der Waals surface area (Å²) in [5.74, 6) is 0. The van der Waals surface area contributed by atoms with E-state index in [1.807, 2.05) is 22.7 Å². The standard InChI is InChI=1S/C54H32N2S2/c1-2-14-34(15-3-1)56-48-25-9-4-16-37(48)41-21-12-20-36(52(41)56)33-28-29-49-44(30-33)38-17-5-8-24-47(38)55(49)35-31-45-40-19-7-11-27-51(40)58-54(45)46(32-35)43-23-13-22-42-39-18-6-10-26-50(39)57-53(42)43/h1-32H. The van der Waals surface area contributed by atoms with Crippen molar-refractivity contribution in [3.63, 3.8) is 0 Å². The van der Waals surface area contributed by atoms with E-state index in [0.29, 0.717) is 0 Å². The topological polar surface area (TPSA) is 9.86 Å². The van der Waals surface area contributed by atoms with Crippen LogP contribution in [-0.2, 0) is 0 Å². The molecule has 0 bridgehead atoms. The minimum absolute atomic E-state index is 1.16. The van der Waals surface area contributed by atoms with Gasteiger partial charge in [-0.3, -0.25) is 0 Å². The van der Waals surface area contributed by atoms with Crippen LogP contribution < -0.4 is 0 Å². The van der Waals surface area contributed by atoms with Crippen LogP contribution in [0.5, 0.6) is 0 Å². The molecule has 13 aromatic rings. The summed E-state index contributed by atoms with van der Waals surface area (Å²) in [5, 5.41) is 10.3. The van der Waals surface area contributed by atoms with Gasteiger partial charge in [0.25, 0.3) is 0 Å². The molecule has 0 radical (unpaired) electrons. The van der Waals surface area contributed by atoms with Gasteiger partial charge in [-0.05, 0) is 66.2 Å². The molecule has 9 aromatic carbocycles. The summed E-state index contributed by atoms with van der Waals surface area (Å²) in [6.07, 6.45) is 0. The van der Waals surface area contributed by atoms with E-state index in [1.165, 1.54) is 112 Å². The first-order valence-electron chi connectivity index (χ1n) is 19.8. The second-order valence-corrected chi connectivity index (χ2v) is 17.3. The van der Waals surface area contributed by atoms with Crippen molar-refractivity contribution in [1.82, 2.24) is 9.13 Å². The lowest BCUT2D eigenvalue weighted by Gasteiger charge is -2.14. The Morgan fingerprint density at radius 1 is 0.293 bits per heavy atom. The largest absolute Gasteiger partial charge is 0.309 e. The summed E-state index contributed by atoms with van der Waals surface area (Å²) in [6.45, 7) is 0. The van der Waals surface area contributed by atoms with E-state index in [4.69, 9.17) is 0 Å². The third kappa shape index (κ3) is 4.53. The molecule has 4 heteroatoms. The lowest BCUT2D eigenvalue weighted by atomic mass is 9.99.